The van der Waals surface area contributed by atoms with Crippen molar-refractivity contribution in [2.45, 2.75) is 25.6 Å². The summed E-state index contributed by atoms with van der Waals surface area (Å²) in [7, 11) is 1.67. The molecule has 0 saturated carbocycles. The zero-order valence-electron chi connectivity index (χ0n) is 9.91. The van der Waals surface area contributed by atoms with Crippen LogP contribution in [0.4, 0.5) is 19.0 Å². The Morgan fingerprint density at radius 3 is 2.24 bits per heavy atom. The highest BCUT2D eigenvalue weighted by Gasteiger charge is 2.31. The molecule has 0 fully saturated rings. The molecule has 0 unspecified atom stereocenters. The third-order valence-electron chi connectivity index (χ3n) is 2.71. The first kappa shape index (κ1) is 13.8. The molecule has 17 heavy (non-hydrogen) atoms. The largest absolute Gasteiger partial charge is 0.417 e. The lowest BCUT2D eigenvalue weighted by molar-refractivity contribution is -0.137. The number of alkyl halides is 3. The number of aliphatic hydroxyl groups excluding tert-OH is 1. The molecular formula is C11H15F3N2O. The van der Waals surface area contributed by atoms with Crippen LogP contribution in [0.2, 0.25) is 0 Å². The summed E-state index contributed by atoms with van der Waals surface area (Å²) < 4.78 is 37.0. The Labute approximate surface area is 97.9 Å². The van der Waals surface area contributed by atoms with Crippen LogP contribution in [0.1, 0.15) is 19.4 Å². The average Bonchev–Trinajstić information content (AvgIpc) is 2.27. The minimum atomic E-state index is -4.38. The quantitative estimate of drug-likeness (QED) is 0.891. The number of aliphatic hydroxyl groups is 1. The lowest BCUT2D eigenvalue weighted by Gasteiger charge is -2.34. The Balaban J connectivity index is 2.96. The van der Waals surface area contributed by atoms with Crippen LogP contribution in [-0.2, 0) is 6.18 Å². The molecule has 0 radical (unpaired) electrons. The van der Waals surface area contributed by atoms with Crippen molar-refractivity contribution < 1.29 is 18.3 Å². The fourth-order valence-corrected chi connectivity index (χ4v) is 1.17. The van der Waals surface area contributed by atoms with Crippen molar-refractivity contribution in [2.24, 2.45) is 0 Å². The molecule has 1 heterocycles. The van der Waals surface area contributed by atoms with Gasteiger partial charge in [-0.15, -0.1) is 0 Å². The second-order valence-corrected chi connectivity index (χ2v) is 4.43. The maximum Gasteiger partial charge on any atom is 0.417 e. The van der Waals surface area contributed by atoms with Crippen molar-refractivity contribution in [3.8, 4) is 0 Å². The van der Waals surface area contributed by atoms with E-state index in [1.807, 2.05) is 0 Å². The zero-order valence-corrected chi connectivity index (χ0v) is 9.91. The standard InChI is InChI=1S/C11H15F3N2O/c1-10(2,7-17)16(3)9-5-4-8(6-15-9)11(12,13)14/h4-6,17H,7H2,1-3H3. The van der Waals surface area contributed by atoms with Crippen molar-refractivity contribution in [1.29, 1.82) is 0 Å². The van der Waals surface area contributed by atoms with Gasteiger partial charge in [-0.3, -0.25) is 0 Å². The highest BCUT2D eigenvalue weighted by molar-refractivity contribution is 5.41. The van der Waals surface area contributed by atoms with Crippen molar-refractivity contribution in [2.75, 3.05) is 18.6 Å². The second-order valence-electron chi connectivity index (χ2n) is 4.43. The molecule has 0 aliphatic heterocycles. The molecule has 0 saturated heterocycles. The normalized spacial score (nSPS) is 12.6. The number of anilines is 1. The van der Waals surface area contributed by atoms with Gasteiger partial charge in [0.05, 0.1) is 17.7 Å². The number of hydrogen-bond acceptors (Lipinski definition) is 3. The first-order valence-electron chi connectivity index (χ1n) is 5.06. The summed E-state index contributed by atoms with van der Waals surface area (Å²) in [5.41, 5.74) is -1.36. The molecule has 0 atom stereocenters. The van der Waals surface area contributed by atoms with Gasteiger partial charge in [-0.25, -0.2) is 4.98 Å². The molecule has 96 valence electrons. The molecule has 6 heteroatoms. The van der Waals surface area contributed by atoms with Gasteiger partial charge in [-0.05, 0) is 26.0 Å². The van der Waals surface area contributed by atoms with Gasteiger partial charge in [-0.2, -0.15) is 13.2 Å². The van der Waals surface area contributed by atoms with Crippen molar-refractivity contribution in [3.05, 3.63) is 23.9 Å². The number of aromatic nitrogens is 1. The molecule has 1 aromatic rings. The van der Waals surface area contributed by atoms with Crippen LogP contribution in [0.25, 0.3) is 0 Å². The van der Waals surface area contributed by atoms with Crippen LogP contribution in [0, 0.1) is 0 Å². The van der Waals surface area contributed by atoms with E-state index in [0.717, 1.165) is 12.3 Å². The first-order chi connectivity index (χ1) is 7.68. The topological polar surface area (TPSA) is 36.4 Å². The van der Waals surface area contributed by atoms with Crippen LogP contribution in [0.15, 0.2) is 18.3 Å². The van der Waals surface area contributed by atoms with Gasteiger partial charge in [0.1, 0.15) is 5.82 Å². The van der Waals surface area contributed by atoms with E-state index in [4.69, 9.17) is 5.11 Å². The summed E-state index contributed by atoms with van der Waals surface area (Å²) in [5, 5.41) is 9.16. The highest BCUT2D eigenvalue weighted by atomic mass is 19.4. The number of halogens is 3. The smallest absolute Gasteiger partial charge is 0.394 e. The van der Waals surface area contributed by atoms with E-state index in [1.54, 1.807) is 25.8 Å². The highest BCUT2D eigenvalue weighted by Crippen LogP contribution is 2.30. The Morgan fingerprint density at radius 2 is 1.88 bits per heavy atom. The van der Waals surface area contributed by atoms with Gasteiger partial charge in [0.25, 0.3) is 0 Å². The molecule has 1 aromatic heterocycles. The third kappa shape index (κ3) is 3.09. The van der Waals surface area contributed by atoms with Crippen molar-refractivity contribution in [3.63, 3.8) is 0 Å². The summed E-state index contributed by atoms with van der Waals surface area (Å²) in [5.74, 6) is 0.386. The van der Waals surface area contributed by atoms with E-state index < -0.39 is 17.3 Å². The Kier molecular flexibility index (Phi) is 3.66. The van der Waals surface area contributed by atoms with Gasteiger partial charge in [0.2, 0.25) is 0 Å². The fourth-order valence-electron chi connectivity index (χ4n) is 1.17. The summed E-state index contributed by atoms with van der Waals surface area (Å²) in [6.45, 7) is 3.42. The van der Waals surface area contributed by atoms with E-state index in [2.05, 4.69) is 4.98 Å². The summed E-state index contributed by atoms with van der Waals surface area (Å²) in [6, 6.07) is 2.27. The monoisotopic (exact) mass is 248 g/mol. The summed E-state index contributed by atoms with van der Waals surface area (Å²) in [4.78, 5) is 5.39. The van der Waals surface area contributed by atoms with Crippen LogP contribution < -0.4 is 4.90 Å². The molecule has 0 bridgehead atoms. The van der Waals surface area contributed by atoms with Crippen LogP contribution in [0.3, 0.4) is 0 Å². The molecule has 1 rings (SSSR count). The van der Waals surface area contributed by atoms with Gasteiger partial charge in [0.15, 0.2) is 0 Å². The maximum atomic E-state index is 12.3. The summed E-state index contributed by atoms with van der Waals surface area (Å²) in [6.07, 6.45) is -3.59. The van der Waals surface area contributed by atoms with Gasteiger partial charge >= 0.3 is 6.18 Å². The first-order valence-corrected chi connectivity index (χ1v) is 5.06. The molecule has 0 aliphatic carbocycles. The molecular weight excluding hydrogens is 233 g/mol. The minimum Gasteiger partial charge on any atom is -0.394 e. The average molecular weight is 248 g/mol. The number of nitrogens with zero attached hydrogens (tertiary/aromatic N) is 2. The number of likely N-dealkylation sites (N-methyl/N-ethyl adjacent to an activating group) is 1. The summed E-state index contributed by atoms with van der Waals surface area (Å²) >= 11 is 0. The predicted octanol–water partition coefficient (Wildman–Crippen LogP) is 2.31. The van der Waals surface area contributed by atoms with E-state index in [1.165, 1.54) is 6.07 Å². The zero-order chi connectivity index (χ0) is 13.3. The fraction of sp³-hybridized carbons (Fsp3) is 0.545. The van der Waals surface area contributed by atoms with Gasteiger partial charge < -0.3 is 10.0 Å². The van der Waals surface area contributed by atoms with E-state index >= 15 is 0 Å². The SMILES string of the molecule is CN(c1ccc(C(F)(F)F)cn1)C(C)(C)CO. The van der Waals surface area contributed by atoms with E-state index in [-0.39, 0.29) is 6.61 Å². The number of hydrogen-bond donors (Lipinski definition) is 1. The molecule has 0 aliphatic rings. The third-order valence-corrected chi connectivity index (χ3v) is 2.71. The van der Waals surface area contributed by atoms with Crippen molar-refractivity contribution in [1.82, 2.24) is 4.98 Å². The Bertz CT molecular complexity index is 373. The number of pyridine rings is 1. The second kappa shape index (κ2) is 4.52. The van der Waals surface area contributed by atoms with Gasteiger partial charge in [-0.1, -0.05) is 0 Å². The van der Waals surface area contributed by atoms with Crippen LogP contribution in [-0.4, -0.2) is 29.3 Å². The van der Waals surface area contributed by atoms with Crippen molar-refractivity contribution >= 4 is 5.82 Å². The Hall–Kier alpha value is -1.30. The Morgan fingerprint density at radius 1 is 1.29 bits per heavy atom. The maximum absolute atomic E-state index is 12.3. The predicted molar refractivity (Wildman–Crippen MR) is 58.8 cm³/mol. The molecule has 1 N–H and O–H groups in total. The molecule has 3 nitrogen and oxygen atoms in total. The van der Waals surface area contributed by atoms with Crippen LogP contribution in [0.5, 0.6) is 0 Å². The van der Waals surface area contributed by atoms with E-state index in [0.29, 0.717) is 5.82 Å². The molecule has 0 amide bonds. The number of rotatable bonds is 3. The minimum absolute atomic E-state index is 0.119. The molecule has 0 aromatic carbocycles. The molecule has 0 spiro atoms. The lowest BCUT2D eigenvalue weighted by atomic mass is 10.1. The van der Waals surface area contributed by atoms with Gasteiger partial charge in [0, 0.05) is 13.2 Å². The lowest BCUT2D eigenvalue weighted by Crippen LogP contribution is -2.44. The van der Waals surface area contributed by atoms with E-state index in [9.17, 15) is 13.2 Å². The van der Waals surface area contributed by atoms with Crippen LogP contribution >= 0.6 is 0 Å².